The van der Waals surface area contributed by atoms with Crippen LogP contribution in [0.2, 0.25) is 0 Å². The molecule has 0 aromatic carbocycles. The first-order chi connectivity index (χ1) is 8.74. The van der Waals surface area contributed by atoms with Crippen LogP contribution in [0.3, 0.4) is 0 Å². The highest BCUT2D eigenvalue weighted by molar-refractivity contribution is 5.74. The number of carbonyl (C=O) groups is 1. The Hall–Kier alpha value is -1.58. The lowest BCUT2D eigenvalue weighted by atomic mass is 10.1. The molecule has 1 aromatic heterocycles. The summed E-state index contributed by atoms with van der Waals surface area (Å²) in [7, 11) is 0. The molecule has 2 heterocycles. The highest BCUT2D eigenvalue weighted by Crippen LogP contribution is 2.32. The topological polar surface area (TPSA) is 45.2 Å². The molecule has 1 unspecified atom stereocenters. The summed E-state index contributed by atoms with van der Waals surface area (Å²) < 4.78 is 0. The van der Waals surface area contributed by atoms with Crippen molar-refractivity contribution >= 4 is 11.7 Å². The Labute approximate surface area is 107 Å². The largest absolute Gasteiger partial charge is 0.367 e. The van der Waals surface area contributed by atoms with Crippen LogP contribution < -0.4 is 5.32 Å². The first kappa shape index (κ1) is 11.5. The number of anilines is 1. The van der Waals surface area contributed by atoms with Crippen LogP contribution in [-0.2, 0) is 4.79 Å². The molecule has 0 radical (unpaired) electrons. The maximum absolute atomic E-state index is 11.5. The van der Waals surface area contributed by atoms with E-state index in [2.05, 4.69) is 16.4 Å². The van der Waals surface area contributed by atoms with E-state index in [1.54, 1.807) is 6.92 Å². The van der Waals surface area contributed by atoms with Gasteiger partial charge in [0, 0.05) is 25.7 Å². The lowest BCUT2D eigenvalue weighted by Crippen LogP contribution is -2.28. The molecule has 18 heavy (non-hydrogen) atoms. The lowest BCUT2D eigenvalue weighted by molar-refractivity contribution is -0.129. The molecular formula is C14H19N3O. The zero-order valence-electron chi connectivity index (χ0n) is 10.7. The molecule has 96 valence electrons. The van der Waals surface area contributed by atoms with Crippen molar-refractivity contribution in [1.82, 2.24) is 9.88 Å². The van der Waals surface area contributed by atoms with E-state index in [1.165, 1.54) is 12.8 Å². The Bertz CT molecular complexity index is 439. The van der Waals surface area contributed by atoms with E-state index in [0.29, 0.717) is 6.04 Å². The summed E-state index contributed by atoms with van der Waals surface area (Å²) in [5.41, 5.74) is 1.16. The molecule has 1 saturated heterocycles. The molecule has 2 aliphatic rings. The van der Waals surface area contributed by atoms with Gasteiger partial charge in [-0.2, -0.15) is 0 Å². The van der Waals surface area contributed by atoms with Crippen molar-refractivity contribution in [2.45, 2.75) is 44.7 Å². The van der Waals surface area contributed by atoms with Gasteiger partial charge < -0.3 is 10.2 Å². The van der Waals surface area contributed by atoms with Gasteiger partial charge in [0.1, 0.15) is 5.82 Å². The van der Waals surface area contributed by atoms with E-state index < -0.39 is 0 Å². The Morgan fingerprint density at radius 2 is 2.22 bits per heavy atom. The van der Waals surface area contributed by atoms with Crippen molar-refractivity contribution in [3.8, 4) is 0 Å². The Kier molecular flexibility index (Phi) is 2.94. The van der Waals surface area contributed by atoms with Crippen molar-refractivity contribution < 1.29 is 4.79 Å². The molecule has 1 aromatic rings. The Morgan fingerprint density at radius 3 is 2.83 bits per heavy atom. The average molecular weight is 245 g/mol. The van der Waals surface area contributed by atoms with Crippen molar-refractivity contribution in [2.75, 3.05) is 11.9 Å². The quantitative estimate of drug-likeness (QED) is 0.889. The van der Waals surface area contributed by atoms with Gasteiger partial charge in [0.15, 0.2) is 0 Å². The first-order valence-electron chi connectivity index (χ1n) is 6.74. The molecule has 2 fully saturated rings. The second kappa shape index (κ2) is 4.59. The number of likely N-dealkylation sites (tertiary alicyclic amines) is 1. The number of aromatic nitrogens is 1. The van der Waals surface area contributed by atoms with Gasteiger partial charge in [-0.05, 0) is 37.3 Å². The number of nitrogens with zero attached hydrogens (tertiary/aromatic N) is 2. The van der Waals surface area contributed by atoms with Crippen LogP contribution in [0, 0.1) is 0 Å². The van der Waals surface area contributed by atoms with E-state index in [-0.39, 0.29) is 11.9 Å². The third-order valence-corrected chi connectivity index (χ3v) is 3.76. The summed E-state index contributed by atoms with van der Waals surface area (Å²) in [6.45, 7) is 2.52. The van der Waals surface area contributed by atoms with Gasteiger partial charge in [-0.25, -0.2) is 4.98 Å². The fraction of sp³-hybridized carbons (Fsp3) is 0.571. The van der Waals surface area contributed by atoms with Crippen molar-refractivity contribution in [3.05, 3.63) is 23.9 Å². The maximum Gasteiger partial charge on any atom is 0.219 e. The zero-order chi connectivity index (χ0) is 12.5. The molecule has 1 atom stereocenters. The number of rotatable bonds is 3. The van der Waals surface area contributed by atoms with Gasteiger partial charge >= 0.3 is 0 Å². The minimum Gasteiger partial charge on any atom is -0.367 e. The standard InChI is InChI=1S/C14H19N3O/c1-10(18)17-8-2-3-13(17)11-4-7-14(15-9-11)16-12-5-6-12/h4,7,9,12-13H,2-3,5-6,8H2,1H3,(H,15,16). The van der Waals surface area contributed by atoms with Gasteiger partial charge in [0.25, 0.3) is 0 Å². The number of amides is 1. The molecule has 3 rings (SSSR count). The fourth-order valence-corrected chi connectivity index (χ4v) is 2.61. The van der Waals surface area contributed by atoms with Crippen LogP contribution in [0.1, 0.15) is 44.2 Å². The summed E-state index contributed by atoms with van der Waals surface area (Å²) in [5, 5.41) is 3.38. The van der Waals surface area contributed by atoms with Gasteiger partial charge in [-0.15, -0.1) is 0 Å². The summed E-state index contributed by atoms with van der Waals surface area (Å²) in [4.78, 5) is 17.9. The molecule has 1 aliphatic carbocycles. The lowest BCUT2D eigenvalue weighted by Gasteiger charge is -2.23. The van der Waals surface area contributed by atoms with E-state index >= 15 is 0 Å². The first-order valence-corrected chi connectivity index (χ1v) is 6.74. The molecule has 1 aliphatic heterocycles. The predicted octanol–water partition coefficient (Wildman–Crippen LogP) is 2.34. The molecule has 1 saturated carbocycles. The third kappa shape index (κ3) is 2.33. The van der Waals surface area contributed by atoms with Crippen LogP contribution in [0.5, 0.6) is 0 Å². The summed E-state index contributed by atoms with van der Waals surface area (Å²) >= 11 is 0. The van der Waals surface area contributed by atoms with Crippen LogP contribution in [-0.4, -0.2) is 28.4 Å². The number of hydrogen-bond acceptors (Lipinski definition) is 3. The normalized spacial score (nSPS) is 23.2. The number of nitrogens with one attached hydrogen (secondary N) is 1. The van der Waals surface area contributed by atoms with E-state index in [4.69, 9.17) is 0 Å². The molecule has 1 N–H and O–H groups in total. The van der Waals surface area contributed by atoms with Crippen molar-refractivity contribution in [2.24, 2.45) is 0 Å². The van der Waals surface area contributed by atoms with E-state index in [0.717, 1.165) is 30.8 Å². The minimum atomic E-state index is 0.165. The van der Waals surface area contributed by atoms with Gasteiger partial charge in [0.2, 0.25) is 5.91 Å². The van der Waals surface area contributed by atoms with Crippen molar-refractivity contribution in [3.63, 3.8) is 0 Å². The van der Waals surface area contributed by atoms with Gasteiger partial charge in [0.05, 0.1) is 6.04 Å². The van der Waals surface area contributed by atoms with E-state index in [9.17, 15) is 4.79 Å². The average Bonchev–Trinajstić information content (AvgIpc) is 3.04. The molecule has 4 heteroatoms. The zero-order valence-corrected chi connectivity index (χ0v) is 10.7. The molecule has 0 spiro atoms. The molecule has 4 nitrogen and oxygen atoms in total. The third-order valence-electron chi connectivity index (χ3n) is 3.76. The number of hydrogen-bond donors (Lipinski definition) is 1. The second-order valence-corrected chi connectivity index (χ2v) is 5.27. The second-order valence-electron chi connectivity index (χ2n) is 5.27. The number of pyridine rings is 1. The smallest absolute Gasteiger partial charge is 0.219 e. The van der Waals surface area contributed by atoms with Crippen molar-refractivity contribution in [1.29, 1.82) is 0 Å². The minimum absolute atomic E-state index is 0.165. The Balaban J connectivity index is 1.72. The number of carbonyl (C=O) groups excluding carboxylic acids is 1. The highest BCUT2D eigenvalue weighted by atomic mass is 16.2. The molecule has 1 amide bonds. The van der Waals surface area contributed by atoms with Crippen LogP contribution in [0.25, 0.3) is 0 Å². The molecular weight excluding hydrogens is 226 g/mol. The predicted molar refractivity (Wildman–Crippen MR) is 70.2 cm³/mol. The Morgan fingerprint density at radius 1 is 1.39 bits per heavy atom. The fourth-order valence-electron chi connectivity index (χ4n) is 2.61. The van der Waals surface area contributed by atoms with E-state index in [1.807, 2.05) is 17.2 Å². The monoisotopic (exact) mass is 245 g/mol. The van der Waals surface area contributed by atoms with Crippen LogP contribution in [0.4, 0.5) is 5.82 Å². The summed E-state index contributed by atoms with van der Waals surface area (Å²) in [6, 6.07) is 4.99. The van der Waals surface area contributed by atoms with Gasteiger partial charge in [-0.3, -0.25) is 4.79 Å². The summed E-state index contributed by atoms with van der Waals surface area (Å²) in [6.07, 6.45) is 6.56. The summed E-state index contributed by atoms with van der Waals surface area (Å²) in [5.74, 6) is 1.12. The highest BCUT2D eigenvalue weighted by Gasteiger charge is 2.28. The SMILES string of the molecule is CC(=O)N1CCCC1c1ccc(NC2CC2)nc1. The maximum atomic E-state index is 11.5. The van der Waals surface area contributed by atoms with Crippen LogP contribution in [0.15, 0.2) is 18.3 Å². The molecule has 0 bridgehead atoms. The van der Waals surface area contributed by atoms with Crippen LogP contribution >= 0.6 is 0 Å². The van der Waals surface area contributed by atoms with Gasteiger partial charge in [-0.1, -0.05) is 6.07 Å².